The standard InChI is InChI=1S/C20H22N6O2/c1-13(2)19-22-23-20-14(3)24(11-12-25(19)20)17-10-9-16(26(27)28)18(21-17)15-7-5-4-6-8-15/h4-10,13-14H,11-12H2,1-3H3. The number of nitro groups is 1. The van der Waals surface area contributed by atoms with E-state index in [1.807, 2.05) is 30.3 Å². The summed E-state index contributed by atoms with van der Waals surface area (Å²) in [6, 6.07) is 12.5. The maximum atomic E-state index is 11.5. The van der Waals surface area contributed by atoms with Gasteiger partial charge in [-0.2, -0.15) is 0 Å². The maximum Gasteiger partial charge on any atom is 0.295 e. The molecule has 144 valence electrons. The van der Waals surface area contributed by atoms with Crippen molar-refractivity contribution < 1.29 is 4.92 Å². The third-order valence-electron chi connectivity index (χ3n) is 5.13. The third-order valence-corrected chi connectivity index (χ3v) is 5.13. The quantitative estimate of drug-likeness (QED) is 0.504. The summed E-state index contributed by atoms with van der Waals surface area (Å²) in [6.07, 6.45) is 0. The number of benzene rings is 1. The molecule has 1 aliphatic rings. The van der Waals surface area contributed by atoms with Crippen molar-refractivity contribution in [3.63, 3.8) is 0 Å². The van der Waals surface area contributed by atoms with Gasteiger partial charge in [0, 0.05) is 30.6 Å². The molecular weight excluding hydrogens is 356 g/mol. The van der Waals surface area contributed by atoms with Crippen LogP contribution in [0.5, 0.6) is 0 Å². The average molecular weight is 378 g/mol. The Hall–Kier alpha value is -3.29. The van der Waals surface area contributed by atoms with Gasteiger partial charge >= 0.3 is 0 Å². The van der Waals surface area contributed by atoms with Crippen molar-refractivity contribution in [2.45, 2.75) is 39.3 Å². The van der Waals surface area contributed by atoms with Crippen LogP contribution in [0.4, 0.5) is 11.5 Å². The van der Waals surface area contributed by atoms with E-state index < -0.39 is 0 Å². The number of rotatable bonds is 4. The lowest BCUT2D eigenvalue weighted by Gasteiger charge is -2.35. The number of hydrogen-bond donors (Lipinski definition) is 0. The monoisotopic (exact) mass is 378 g/mol. The van der Waals surface area contributed by atoms with Crippen molar-refractivity contribution in [3.05, 3.63) is 64.2 Å². The lowest BCUT2D eigenvalue weighted by atomic mass is 10.1. The topological polar surface area (TPSA) is 90.0 Å². The summed E-state index contributed by atoms with van der Waals surface area (Å²) in [5, 5.41) is 20.3. The molecule has 3 heterocycles. The van der Waals surface area contributed by atoms with Crippen molar-refractivity contribution in [3.8, 4) is 11.3 Å². The summed E-state index contributed by atoms with van der Waals surface area (Å²) in [5.74, 6) is 2.90. The highest BCUT2D eigenvalue weighted by molar-refractivity contribution is 5.71. The van der Waals surface area contributed by atoms with Crippen LogP contribution in [0, 0.1) is 10.1 Å². The van der Waals surface area contributed by atoms with Crippen molar-refractivity contribution in [2.24, 2.45) is 0 Å². The van der Waals surface area contributed by atoms with Gasteiger partial charge in [-0.1, -0.05) is 44.2 Å². The molecule has 0 saturated carbocycles. The fourth-order valence-corrected chi connectivity index (χ4v) is 3.70. The van der Waals surface area contributed by atoms with Crippen LogP contribution < -0.4 is 4.90 Å². The molecule has 0 fully saturated rings. The molecule has 28 heavy (non-hydrogen) atoms. The van der Waals surface area contributed by atoms with E-state index in [0.717, 1.165) is 30.3 Å². The molecule has 0 N–H and O–H groups in total. The summed E-state index contributed by atoms with van der Waals surface area (Å²) >= 11 is 0. The number of pyridine rings is 1. The summed E-state index contributed by atoms with van der Waals surface area (Å²) in [4.78, 5) is 17.9. The predicted molar refractivity (Wildman–Crippen MR) is 106 cm³/mol. The van der Waals surface area contributed by atoms with E-state index in [-0.39, 0.29) is 16.7 Å². The van der Waals surface area contributed by atoms with Gasteiger partial charge in [0.05, 0.1) is 11.0 Å². The highest BCUT2D eigenvalue weighted by atomic mass is 16.6. The van der Waals surface area contributed by atoms with Crippen LogP contribution in [0.15, 0.2) is 42.5 Å². The van der Waals surface area contributed by atoms with E-state index in [2.05, 4.69) is 45.4 Å². The van der Waals surface area contributed by atoms with Crippen LogP contribution in [-0.2, 0) is 6.54 Å². The largest absolute Gasteiger partial charge is 0.345 e. The predicted octanol–water partition coefficient (Wildman–Crippen LogP) is 3.95. The zero-order valence-electron chi connectivity index (χ0n) is 16.1. The van der Waals surface area contributed by atoms with Crippen LogP contribution in [0.3, 0.4) is 0 Å². The zero-order chi connectivity index (χ0) is 19.8. The maximum absolute atomic E-state index is 11.5. The van der Waals surface area contributed by atoms with E-state index in [1.165, 1.54) is 6.07 Å². The molecule has 1 aromatic carbocycles. The first-order valence-corrected chi connectivity index (χ1v) is 9.38. The van der Waals surface area contributed by atoms with Gasteiger partial charge in [-0.05, 0) is 13.0 Å². The van der Waals surface area contributed by atoms with Gasteiger partial charge in [0.15, 0.2) is 11.5 Å². The average Bonchev–Trinajstić information content (AvgIpc) is 3.14. The molecule has 0 amide bonds. The molecule has 0 saturated heterocycles. The summed E-state index contributed by atoms with van der Waals surface area (Å²) in [6.45, 7) is 7.79. The molecule has 1 aliphatic heterocycles. The van der Waals surface area contributed by atoms with Gasteiger partial charge in [0.2, 0.25) is 0 Å². The van der Waals surface area contributed by atoms with Gasteiger partial charge in [-0.25, -0.2) is 4.98 Å². The molecule has 0 radical (unpaired) electrons. The molecule has 0 aliphatic carbocycles. The van der Waals surface area contributed by atoms with Crippen LogP contribution >= 0.6 is 0 Å². The second kappa shape index (κ2) is 7.03. The van der Waals surface area contributed by atoms with Gasteiger partial charge in [0.25, 0.3) is 5.69 Å². The minimum absolute atomic E-state index is 0.00451. The smallest absolute Gasteiger partial charge is 0.295 e. The second-order valence-electron chi connectivity index (χ2n) is 7.25. The molecule has 0 bridgehead atoms. The first kappa shape index (κ1) is 18.1. The number of aromatic nitrogens is 4. The summed E-state index contributed by atoms with van der Waals surface area (Å²) in [7, 11) is 0. The lowest BCUT2D eigenvalue weighted by Crippen LogP contribution is -2.38. The molecule has 2 aromatic heterocycles. The molecule has 8 heteroatoms. The van der Waals surface area contributed by atoms with Gasteiger partial charge in [-0.15, -0.1) is 10.2 Å². The fraction of sp³-hybridized carbons (Fsp3) is 0.350. The Morgan fingerprint density at radius 2 is 1.86 bits per heavy atom. The van der Waals surface area contributed by atoms with E-state index in [4.69, 9.17) is 0 Å². The Kier molecular flexibility index (Phi) is 4.54. The summed E-state index contributed by atoms with van der Waals surface area (Å²) < 4.78 is 2.18. The lowest BCUT2D eigenvalue weighted by molar-refractivity contribution is -0.384. The Morgan fingerprint density at radius 1 is 1.11 bits per heavy atom. The Balaban J connectivity index is 1.75. The molecule has 0 spiro atoms. The van der Waals surface area contributed by atoms with E-state index in [0.29, 0.717) is 17.4 Å². The summed E-state index contributed by atoms with van der Waals surface area (Å²) in [5.41, 5.74) is 1.11. The number of fused-ring (bicyclic) bond motifs is 1. The van der Waals surface area contributed by atoms with Gasteiger partial charge in [0.1, 0.15) is 11.6 Å². The van der Waals surface area contributed by atoms with Crippen molar-refractivity contribution in [1.82, 2.24) is 19.7 Å². The van der Waals surface area contributed by atoms with E-state index in [1.54, 1.807) is 6.07 Å². The van der Waals surface area contributed by atoms with Crippen molar-refractivity contribution in [2.75, 3.05) is 11.4 Å². The number of nitrogens with zero attached hydrogens (tertiary/aromatic N) is 6. The number of anilines is 1. The van der Waals surface area contributed by atoms with Crippen LogP contribution in [-0.4, -0.2) is 31.2 Å². The first-order chi connectivity index (χ1) is 13.5. The second-order valence-corrected chi connectivity index (χ2v) is 7.25. The molecule has 8 nitrogen and oxygen atoms in total. The normalized spacial score (nSPS) is 16.3. The van der Waals surface area contributed by atoms with Crippen LogP contribution in [0.1, 0.15) is 44.4 Å². The zero-order valence-corrected chi connectivity index (χ0v) is 16.1. The highest BCUT2D eigenvalue weighted by Crippen LogP contribution is 2.34. The number of hydrogen-bond acceptors (Lipinski definition) is 6. The SMILES string of the molecule is CC(C)c1nnc2n1CCN(c1ccc([N+](=O)[O-])c(-c3ccccc3)n1)C2C. The Bertz CT molecular complexity index is 1010. The van der Waals surface area contributed by atoms with Crippen LogP contribution in [0.25, 0.3) is 11.3 Å². The third kappa shape index (κ3) is 3.00. The molecular formula is C20H22N6O2. The van der Waals surface area contributed by atoms with Crippen molar-refractivity contribution >= 4 is 11.5 Å². The highest BCUT2D eigenvalue weighted by Gasteiger charge is 2.30. The molecule has 4 rings (SSSR count). The first-order valence-electron chi connectivity index (χ1n) is 9.38. The van der Waals surface area contributed by atoms with E-state index >= 15 is 0 Å². The van der Waals surface area contributed by atoms with Gasteiger partial charge < -0.3 is 9.47 Å². The molecule has 3 aromatic rings. The fourth-order valence-electron chi connectivity index (χ4n) is 3.70. The minimum atomic E-state index is -0.385. The van der Waals surface area contributed by atoms with Gasteiger partial charge in [-0.3, -0.25) is 10.1 Å². The van der Waals surface area contributed by atoms with Crippen LogP contribution in [0.2, 0.25) is 0 Å². The van der Waals surface area contributed by atoms with E-state index in [9.17, 15) is 10.1 Å². The molecule has 1 unspecified atom stereocenters. The Labute approximate surface area is 163 Å². The Morgan fingerprint density at radius 3 is 2.54 bits per heavy atom. The molecule has 1 atom stereocenters. The minimum Gasteiger partial charge on any atom is -0.345 e. The van der Waals surface area contributed by atoms with Crippen molar-refractivity contribution in [1.29, 1.82) is 0 Å².